The summed E-state index contributed by atoms with van der Waals surface area (Å²) >= 11 is 5.72. The van der Waals surface area contributed by atoms with Crippen molar-refractivity contribution in [3.8, 4) is 0 Å². The van der Waals surface area contributed by atoms with Crippen LogP contribution in [0.25, 0.3) is 0 Å². The number of benzene rings is 1. The van der Waals surface area contributed by atoms with Gasteiger partial charge in [0.15, 0.2) is 5.11 Å². The van der Waals surface area contributed by atoms with E-state index in [9.17, 15) is 4.79 Å². The fraction of sp³-hybridized carbons (Fsp3) is 0.600. The Bertz CT molecular complexity index is 612. The second-order valence-corrected chi connectivity index (χ2v) is 8.72. The Morgan fingerprint density at radius 3 is 2.28 bits per heavy atom. The van der Waals surface area contributed by atoms with Gasteiger partial charge in [-0.3, -0.25) is 4.79 Å². The number of piperidine rings is 2. The molecule has 0 radical (unpaired) electrons. The standard InChI is InChI=1S/C20H29N3OS/c1-20(2,3)18(24)21-15-12-16-10-7-11-17(13-15)23(16)19(25)22-14-8-5-4-6-9-14/h4-6,8-9,15-17H,7,10-13H2,1-3H3,(H,21,24)(H,22,25)/t16-,17-/m1/s1. The number of nitrogens with zero attached hydrogens (tertiary/aromatic N) is 1. The molecule has 2 heterocycles. The molecule has 1 aromatic rings. The normalized spacial score (nSPS) is 26.0. The van der Waals surface area contributed by atoms with Crippen LogP contribution in [-0.4, -0.2) is 34.0 Å². The molecule has 0 aromatic heterocycles. The number of nitrogens with one attached hydrogen (secondary N) is 2. The smallest absolute Gasteiger partial charge is 0.225 e. The van der Waals surface area contributed by atoms with Crippen LogP contribution in [0.2, 0.25) is 0 Å². The van der Waals surface area contributed by atoms with Gasteiger partial charge >= 0.3 is 0 Å². The minimum atomic E-state index is -0.337. The lowest BCUT2D eigenvalue weighted by Gasteiger charge is -2.50. The summed E-state index contributed by atoms with van der Waals surface area (Å²) in [7, 11) is 0. The molecule has 2 N–H and O–H groups in total. The summed E-state index contributed by atoms with van der Waals surface area (Å²) in [5.41, 5.74) is 0.699. The van der Waals surface area contributed by atoms with Crippen molar-refractivity contribution in [1.82, 2.24) is 10.2 Å². The van der Waals surface area contributed by atoms with Gasteiger partial charge in [-0.15, -0.1) is 0 Å². The summed E-state index contributed by atoms with van der Waals surface area (Å²) in [4.78, 5) is 14.7. The zero-order chi connectivity index (χ0) is 18.0. The summed E-state index contributed by atoms with van der Waals surface area (Å²) in [5.74, 6) is 0.147. The molecule has 0 saturated carbocycles. The topological polar surface area (TPSA) is 44.4 Å². The molecule has 2 bridgehead atoms. The molecule has 0 spiro atoms. The van der Waals surface area contributed by atoms with Crippen molar-refractivity contribution in [2.24, 2.45) is 5.41 Å². The number of hydrogen-bond donors (Lipinski definition) is 2. The van der Waals surface area contributed by atoms with E-state index < -0.39 is 0 Å². The monoisotopic (exact) mass is 359 g/mol. The molecular formula is C20H29N3OS. The van der Waals surface area contributed by atoms with E-state index in [1.165, 1.54) is 6.42 Å². The zero-order valence-corrected chi connectivity index (χ0v) is 16.2. The first-order valence-corrected chi connectivity index (χ1v) is 9.71. The number of carbonyl (C=O) groups is 1. The van der Waals surface area contributed by atoms with Crippen LogP contribution < -0.4 is 10.6 Å². The molecule has 4 nitrogen and oxygen atoms in total. The number of para-hydroxylation sites is 1. The van der Waals surface area contributed by atoms with Crippen molar-refractivity contribution in [3.63, 3.8) is 0 Å². The van der Waals surface area contributed by atoms with Crippen molar-refractivity contribution in [1.29, 1.82) is 0 Å². The van der Waals surface area contributed by atoms with Crippen LogP contribution in [0, 0.1) is 5.41 Å². The summed E-state index contributed by atoms with van der Waals surface area (Å²) in [6.45, 7) is 5.91. The van der Waals surface area contributed by atoms with Gasteiger partial charge in [-0.1, -0.05) is 39.0 Å². The molecule has 0 unspecified atom stereocenters. The zero-order valence-electron chi connectivity index (χ0n) is 15.4. The van der Waals surface area contributed by atoms with Crippen LogP contribution in [0.5, 0.6) is 0 Å². The predicted octanol–water partition coefficient (Wildman–Crippen LogP) is 3.93. The van der Waals surface area contributed by atoms with Crippen LogP contribution in [0.1, 0.15) is 52.9 Å². The lowest BCUT2D eigenvalue weighted by Crippen LogP contribution is -2.60. The van der Waals surface area contributed by atoms with Gasteiger partial charge in [0, 0.05) is 29.2 Å². The Labute approximate surface area is 156 Å². The molecule has 2 saturated heterocycles. The molecular weight excluding hydrogens is 330 g/mol. The van der Waals surface area contributed by atoms with E-state index >= 15 is 0 Å². The fourth-order valence-electron chi connectivity index (χ4n) is 3.94. The largest absolute Gasteiger partial charge is 0.353 e. The number of amides is 1. The van der Waals surface area contributed by atoms with Crippen LogP contribution in [0.15, 0.2) is 30.3 Å². The van der Waals surface area contributed by atoms with Crippen LogP contribution in [0.4, 0.5) is 5.69 Å². The molecule has 2 atom stereocenters. The molecule has 25 heavy (non-hydrogen) atoms. The predicted molar refractivity (Wildman–Crippen MR) is 107 cm³/mol. The maximum absolute atomic E-state index is 12.3. The van der Waals surface area contributed by atoms with Crippen molar-refractivity contribution in [2.75, 3.05) is 5.32 Å². The van der Waals surface area contributed by atoms with E-state index in [2.05, 4.69) is 15.5 Å². The van der Waals surface area contributed by atoms with Gasteiger partial charge in [-0.05, 0) is 56.5 Å². The van der Waals surface area contributed by atoms with Gasteiger partial charge in [0.25, 0.3) is 0 Å². The molecule has 2 aliphatic heterocycles. The Morgan fingerprint density at radius 2 is 1.72 bits per heavy atom. The Morgan fingerprint density at radius 1 is 1.12 bits per heavy atom. The van der Waals surface area contributed by atoms with Crippen molar-refractivity contribution in [2.45, 2.75) is 71.0 Å². The number of hydrogen-bond acceptors (Lipinski definition) is 2. The molecule has 136 valence electrons. The van der Waals surface area contributed by atoms with Crippen molar-refractivity contribution >= 4 is 28.9 Å². The number of fused-ring (bicyclic) bond motifs is 2. The van der Waals surface area contributed by atoms with Crippen molar-refractivity contribution in [3.05, 3.63) is 30.3 Å². The molecule has 5 heteroatoms. The van der Waals surface area contributed by atoms with Gasteiger partial charge in [0.05, 0.1) is 0 Å². The van der Waals surface area contributed by atoms with Gasteiger partial charge in [0.2, 0.25) is 5.91 Å². The van der Waals surface area contributed by atoms with Crippen LogP contribution in [0.3, 0.4) is 0 Å². The quantitative estimate of drug-likeness (QED) is 0.785. The molecule has 1 aromatic carbocycles. The number of thiocarbonyl (C=S) groups is 1. The summed E-state index contributed by atoms with van der Waals surface area (Å²) < 4.78 is 0. The molecule has 3 rings (SSSR count). The van der Waals surface area contributed by atoms with Crippen LogP contribution in [-0.2, 0) is 4.79 Å². The number of rotatable bonds is 2. The fourth-order valence-corrected chi connectivity index (χ4v) is 4.36. The van der Waals surface area contributed by atoms with E-state index in [0.29, 0.717) is 12.1 Å². The highest BCUT2D eigenvalue weighted by Crippen LogP contribution is 2.35. The van der Waals surface area contributed by atoms with Gasteiger partial charge in [-0.25, -0.2) is 0 Å². The third-order valence-corrected chi connectivity index (χ3v) is 5.56. The lowest BCUT2D eigenvalue weighted by atomic mass is 9.81. The third kappa shape index (κ3) is 4.32. The maximum Gasteiger partial charge on any atom is 0.225 e. The molecule has 1 amide bonds. The Hall–Kier alpha value is -1.62. The second-order valence-electron chi connectivity index (χ2n) is 8.33. The molecule has 0 aliphatic carbocycles. The van der Waals surface area contributed by atoms with E-state index in [-0.39, 0.29) is 17.4 Å². The average molecular weight is 360 g/mol. The van der Waals surface area contributed by atoms with Gasteiger partial charge < -0.3 is 15.5 Å². The van der Waals surface area contributed by atoms with E-state index in [1.54, 1.807) is 0 Å². The Balaban J connectivity index is 1.66. The van der Waals surface area contributed by atoms with E-state index in [0.717, 1.165) is 36.5 Å². The highest BCUT2D eigenvalue weighted by atomic mass is 32.1. The molecule has 2 aliphatic rings. The van der Waals surface area contributed by atoms with Gasteiger partial charge in [0.1, 0.15) is 0 Å². The van der Waals surface area contributed by atoms with Crippen LogP contribution >= 0.6 is 12.2 Å². The summed E-state index contributed by atoms with van der Waals surface area (Å²) in [5, 5.41) is 7.48. The lowest BCUT2D eigenvalue weighted by molar-refractivity contribution is -0.129. The summed E-state index contributed by atoms with van der Waals surface area (Å²) in [6.07, 6.45) is 5.51. The van der Waals surface area contributed by atoms with Crippen molar-refractivity contribution < 1.29 is 4.79 Å². The minimum absolute atomic E-state index is 0.147. The third-order valence-electron chi connectivity index (χ3n) is 5.25. The Kier molecular flexibility index (Phi) is 5.32. The summed E-state index contributed by atoms with van der Waals surface area (Å²) in [6, 6.07) is 11.2. The maximum atomic E-state index is 12.3. The first kappa shape index (κ1) is 18.2. The number of anilines is 1. The van der Waals surface area contributed by atoms with Gasteiger partial charge in [-0.2, -0.15) is 0 Å². The second kappa shape index (κ2) is 7.32. The number of carbonyl (C=O) groups excluding carboxylic acids is 1. The van der Waals surface area contributed by atoms with E-state index in [1.807, 2.05) is 51.1 Å². The van der Waals surface area contributed by atoms with E-state index in [4.69, 9.17) is 12.2 Å². The highest BCUT2D eigenvalue weighted by molar-refractivity contribution is 7.80. The average Bonchev–Trinajstić information content (AvgIpc) is 2.54. The molecule has 2 fully saturated rings. The first-order valence-electron chi connectivity index (χ1n) is 9.30. The SMILES string of the molecule is CC(C)(C)C(=O)NC1C[C@H]2CCC[C@H](C1)N2C(=S)Nc1ccccc1. The highest BCUT2D eigenvalue weighted by Gasteiger charge is 2.40. The minimum Gasteiger partial charge on any atom is -0.353 e. The first-order chi connectivity index (χ1) is 11.8.